The second-order valence-corrected chi connectivity index (χ2v) is 7.06. The average molecular weight is 374 g/mol. The second kappa shape index (κ2) is 7.87. The van der Waals surface area contributed by atoms with E-state index in [0.717, 1.165) is 16.9 Å². The number of nitrogens with one attached hydrogen (secondary N) is 1. The summed E-state index contributed by atoms with van der Waals surface area (Å²) in [5.74, 6) is 0.461. The first-order valence-corrected chi connectivity index (χ1v) is 9.07. The topological polar surface area (TPSA) is 122 Å². The van der Waals surface area contributed by atoms with Crippen molar-refractivity contribution in [2.45, 2.75) is 19.9 Å². The Hall–Kier alpha value is -2.75. The Morgan fingerprint density at radius 2 is 1.93 bits per heavy atom. The van der Waals surface area contributed by atoms with E-state index in [1.807, 2.05) is 20.9 Å². The number of fused-ring (bicyclic) bond motifs is 1. The van der Waals surface area contributed by atoms with Crippen LogP contribution in [-0.4, -0.2) is 75.2 Å². The van der Waals surface area contributed by atoms with E-state index < -0.39 is 6.04 Å². The summed E-state index contributed by atoms with van der Waals surface area (Å²) in [6, 6.07) is -0.602. The third-order valence-corrected chi connectivity index (χ3v) is 4.88. The summed E-state index contributed by atoms with van der Waals surface area (Å²) in [5, 5.41) is 7.76. The fraction of sp³-hybridized carbons (Fsp3) is 0.588. The van der Waals surface area contributed by atoms with E-state index in [1.165, 1.54) is 6.33 Å². The van der Waals surface area contributed by atoms with Gasteiger partial charge < -0.3 is 20.9 Å². The Morgan fingerprint density at radius 1 is 1.22 bits per heavy atom. The molecule has 1 saturated heterocycles. The molecule has 3 N–H and O–H groups in total. The summed E-state index contributed by atoms with van der Waals surface area (Å²) in [6.45, 7) is 6.17. The number of piperazine rings is 1. The maximum Gasteiger partial charge on any atom is 0.242 e. The summed E-state index contributed by atoms with van der Waals surface area (Å²) in [7, 11) is 1.84. The zero-order valence-electron chi connectivity index (χ0n) is 15.9. The van der Waals surface area contributed by atoms with E-state index in [2.05, 4.69) is 25.3 Å². The molecule has 0 radical (unpaired) electrons. The SMILES string of the molecule is CC(C)[C@H](N)C(=O)NCC(=O)N1CCN(c2ncnc3c2cnn3C)CC1. The van der Waals surface area contributed by atoms with Crippen molar-refractivity contribution in [1.29, 1.82) is 0 Å². The molecular weight excluding hydrogens is 348 g/mol. The minimum absolute atomic E-state index is 0.0282. The first-order valence-electron chi connectivity index (χ1n) is 9.07. The van der Waals surface area contributed by atoms with Crippen molar-refractivity contribution in [1.82, 2.24) is 30.0 Å². The van der Waals surface area contributed by atoms with E-state index in [0.29, 0.717) is 26.2 Å². The molecule has 10 heteroatoms. The molecule has 2 amide bonds. The molecule has 0 saturated carbocycles. The van der Waals surface area contributed by atoms with E-state index >= 15 is 0 Å². The third kappa shape index (κ3) is 4.00. The molecule has 3 rings (SSSR count). The maximum atomic E-state index is 12.4. The van der Waals surface area contributed by atoms with Crippen LogP contribution in [-0.2, 0) is 16.6 Å². The number of anilines is 1. The first-order chi connectivity index (χ1) is 12.9. The smallest absolute Gasteiger partial charge is 0.242 e. The summed E-state index contributed by atoms with van der Waals surface area (Å²) < 4.78 is 1.71. The summed E-state index contributed by atoms with van der Waals surface area (Å²) in [5.41, 5.74) is 6.57. The Morgan fingerprint density at radius 3 is 2.59 bits per heavy atom. The lowest BCUT2D eigenvalue weighted by molar-refractivity contribution is -0.133. The van der Waals surface area contributed by atoms with E-state index in [9.17, 15) is 9.59 Å². The Balaban J connectivity index is 1.55. The lowest BCUT2D eigenvalue weighted by Crippen LogP contribution is -2.53. The average Bonchev–Trinajstić information content (AvgIpc) is 3.06. The van der Waals surface area contributed by atoms with Crippen molar-refractivity contribution in [3.05, 3.63) is 12.5 Å². The highest BCUT2D eigenvalue weighted by atomic mass is 16.2. The van der Waals surface area contributed by atoms with Gasteiger partial charge in [0.05, 0.1) is 24.2 Å². The number of amides is 2. The van der Waals surface area contributed by atoms with Gasteiger partial charge >= 0.3 is 0 Å². The molecule has 1 aliphatic rings. The van der Waals surface area contributed by atoms with Crippen LogP contribution in [0.2, 0.25) is 0 Å². The van der Waals surface area contributed by atoms with Gasteiger partial charge in [-0.1, -0.05) is 13.8 Å². The molecular formula is C17H26N8O2. The molecule has 146 valence electrons. The number of carbonyl (C=O) groups excluding carboxylic acids is 2. The van der Waals surface area contributed by atoms with Crippen molar-refractivity contribution in [2.75, 3.05) is 37.6 Å². The van der Waals surface area contributed by atoms with Crippen molar-refractivity contribution >= 4 is 28.7 Å². The molecule has 10 nitrogen and oxygen atoms in total. The zero-order chi connectivity index (χ0) is 19.6. The van der Waals surface area contributed by atoms with Gasteiger partial charge in [-0.25, -0.2) is 9.97 Å². The molecule has 0 bridgehead atoms. The number of hydrogen-bond donors (Lipinski definition) is 2. The van der Waals surface area contributed by atoms with Crippen LogP contribution in [0.15, 0.2) is 12.5 Å². The predicted molar refractivity (Wildman–Crippen MR) is 101 cm³/mol. The molecule has 1 fully saturated rings. The van der Waals surface area contributed by atoms with Gasteiger partial charge in [-0.2, -0.15) is 5.10 Å². The highest BCUT2D eigenvalue weighted by molar-refractivity contribution is 5.88. The van der Waals surface area contributed by atoms with Crippen LogP contribution in [0.4, 0.5) is 5.82 Å². The molecule has 1 atom stereocenters. The Bertz CT molecular complexity index is 825. The van der Waals surface area contributed by atoms with E-state index in [-0.39, 0.29) is 24.3 Å². The quantitative estimate of drug-likeness (QED) is 0.696. The van der Waals surface area contributed by atoms with E-state index in [4.69, 9.17) is 5.73 Å². The highest BCUT2D eigenvalue weighted by Crippen LogP contribution is 2.23. The van der Waals surface area contributed by atoms with Crippen molar-refractivity contribution in [3.8, 4) is 0 Å². The lowest BCUT2D eigenvalue weighted by Gasteiger charge is -2.35. The monoisotopic (exact) mass is 374 g/mol. The molecule has 27 heavy (non-hydrogen) atoms. The molecule has 0 unspecified atom stereocenters. The third-order valence-electron chi connectivity index (χ3n) is 4.88. The Labute approximate surface area is 157 Å². The predicted octanol–water partition coefficient (Wildman–Crippen LogP) is -0.889. The van der Waals surface area contributed by atoms with Crippen LogP contribution in [0.25, 0.3) is 11.0 Å². The number of carbonyl (C=O) groups is 2. The van der Waals surface area contributed by atoms with Gasteiger partial charge in [-0.3, -0.25) is 14.3 Å². The van der Waals surface area contributed by atoms with Crippen LogP contribution in [0.3, 0.4) is 0 Å². The van der Waals surface area contributed by atoms with Crippen LogP contribution in [0.1, 0.15) is 13.8 Å². The first kappa shape index (κ1) is 19.0. The van der Waals surface area contributed by atoms with Gasteiger partial charge in [-0.15, -0.1) is 0 Å². The number of aromatic nitrogens is 4. The summed E-state index contributed by atoms with van der Waals surface area (Å²) in [4.78, 5) is 36.8. The number of rotatable bonds is 5. The van der Waals surface area contributed by atoms with Gasteiger partial charge in [0.1, 0.15) is 12.1 Å². The van der Waals surface area contributed by atoms with Crippen LogP contribution in [0, 0.1) is 5.92 Å². The Kier molecular flexibility index (Phi) is 5.54. The largest absolute Gasteiger partial charge is 0.352 e. The fourth-order valence-corrected chi connectivity index (χ4v) is 3.06. The molecule has 2 aromatic heterocycles. The number of nitrogens with two attached hydrogens (primary N) is 1. The van der Waals surface area contributed by atoms with Gasteiger partial charge in [0, 0.05) is 33.2 Å². The second-order valence-electron chi connectivity index (χ2n) is 7.06. The molecule has 1 aliphatic heterocycles. The molecule has 0 spiro atoms. The zero-order valence-corrected chi connectivity index (χ0v) is 15.9. The minimum atomic E-state index is -0.602. The van der Waals surface area contributed by atoms with Gasteiger partial charge in [0.25, 0.3) is 0 Å². The minimum Gasteiger partial charge on any atom is -0.352 e. The standard InChI is InChI=1S/C17H26N8O2/c1-11(2)14(18)17(27)19-9-13(26)24-4-6-25(7-5-24)16-12-8-22-23(3)15(12)20-10-21-16/h8,10-11,14H,4-7,9,18H2,1-3H3,(H,19,27)/t14-/m0/s1. The molecule has 0 aromatic carbocycles. The van der Waals surface area contributed by atoms with E-state index in [1.54, 1.807) is 15.8 Å². The van der Waals surface area contributed by atoms with Crippen LogP contribution < -0.4 is 16.0 Å². The summed E-state index contributed by atoms with van der Waals surface area (Å²) >= 11 is 0. The van der Waals surface area contributed by atoms with Crippen molar-refractivity contribution in [2.24, 2.45) is 18.7 Å². The van der Waals surface area contributed by atoms with Crippen molar-refractivity contribution < 1.29 is 9.59 Å². The maximum absolute atomic E-state index is 12.4. The number of aryl methyl sites for hydroxylation is 1. The van der Waals surface area contributed by atoms with Crippen LogP contribution in [0.5, 0.6) is 0 Å². The fourth-order valence-electron chi connectivity index (χ4n) is 3.06. The molecule has 3 heterocycles. The van der Waals surface area contributed by atoms with Crippen LogP contribution >= 0.6 is 0 Å². The molecule has 2 aromatic rings. The van der Waals surface area contributed by atoms with Gasteiger partial charge in [-0.05, 0) is 5.92 Å². The van der Waals surface area contributed by atoms with Gasteiger partial charge in [0.15, 0.2) is 5.65 Å². The number of hydrogen-bond acceptors (Lipinski definition) is 7. The van der Waals surface area contributed by atoms with Gasteiger partial charge in [0.2, 0.25) is 11.8 Å². The lowest BCUT2D eigenvalue weighted by atomic mass is 10.1. The molecule has 0 aliphatic carbocycles. The number of nitrogens with zero attached hydrogens (tertiary/aromatic N) is 6. The van der Waals surface area contributed by atoms with Crippen molar-refractivity contribution in [3.63, 3.8) is 0 Å². The highest BCUT2D eigenvalue weighted by Gasteiger charge is 2.25. The normalized spacial score (nSPS) is 16.0. The summed E-state index contributed by atoms with van der Waals surface area (Å²) in [6.07, 6.45) is 3.29.